The van der Waals surface area contributed by atoms with Crippen LogP contribution >= 0.6 is 0 Å². The third kappa shape index (κ3) is 7.53. The lowest BCUT2D eigenvalue weighted by molar-refractivity contribution is -0.124. The van der Waals surface area contributed by atoms with Crippen LogP contribution in [0, 0.1) is 5.92 Å². The first kappa shape index (κ1) is 16.4. The summed E-state index contributed by atoms with van der Waals surface area (Å²) in [6.07, 6.45) is 2.48. The minimum atomic E-state index is -0.133. The molecule has 1 atom stereocenters. The summed E-state index contributed by atoms with van der Waals surface area (Å²) in [5, 5.41) is 6.54. The van der Waals surface area contributed by atoms with E-state index in [2.05, 4.69) is 29.4 Å². The molecule has 0 spiro atoms. The number of hydrogen-bond acceptors (Lipinski definition) is 3. The van der Waals surface area contributed by atoms with Crippen molar-refractivity contribution in [3.8, 4) is 0 Å². The first-order valence-corrected chi connectivity index (χ1v) is 7.53. The highest BCUT2D eigenvalue weighted by Crippen LogP contribution is 2.15. The second-order valence-corrected chi connectivity index (χ2v) is 7.10. The third-order valence-electron chi connectivity index (χ3n) is 3.30. The van der Waals surface area contributed by atoms with Gasteiger partial charge < -0.3 is 10.6 Å². The Morgan fingerprint density at radius 2 is 2.05 bits per heavy atom. The van der Waals surface area contributed by atoms with Crippen LogP contribution in [0.3, 0.4) is 0 Å². The summed E-state index contributed by atoms with van der Waals surface area (Å²) in [5.74, 6) is 0.823. The lowest BCUT2D eigenvalue weighted by Crippen LogP contribution is -2.49. The monoisotopic (exact) mass is 269 g/mol. The molecule has 0 radical (unpaired) electrons. The summed E-state index contributed by atoms with van der Waals surface area (Å²) in [7, 11) is 0. The van der Waals surface area contributed by atoms with Crippen molar-refractivity contribution < 1.29 is 4.79 Å². The van der Waals surface area contributed by atoms with E-state index in [0.717, 1.165) is 19.6 Å². The van der Waals surface area contributed by atoms with Gasteiger partial charge in [0.1, 0.15) is 0 Å². The van der Waals surface area contributed by atoms with Crippen molar-refractivity contribution in [1.82, 2.24) is 15.5 Å². The molecule has 1 aliphatic rings. The van der Waals surface area contributed by atoms with E-state index in [4.69, 9.17) is 0 Å². The molecule has 1 aliphatic heterocycles. The highest BCUT2D eigenvalue weighted by atomic mass is 16.2. The van der Waals surface area contributed by atoms with Crippen molar-refractivity contribution in [3.05, 3.63) is 0 Å². The molecule has 19 heavy (non-hydrogen) atoms. The predicted octanol–water partition coefficient (Wildman–Crippen LogP) is 1.61. The van der Waals surface area contributed by atoms with Crippen molar-refractivity contribution in [3.63, 3.8) is 0 Å². The lowest BCUT2D eigenvalue weighted by Gasteiger charge is -2.33. The Kier molecular flexibility index (Phi) is 6.27. The number of amides is 1. The van der Waals surface area contributed by atoms with Gasteiger partial charge in [-0.1, -0.05) is 13.8 Å². The largest absolute Gasteiger partial charge is 0.350 e. The van der Waals surface area contributed by atoms with Crippen LogP contribution in [0.15, 0.2) is 0 Å². The molecule has 1 unspecified atom stereocenters. The summed E-state index contributed by atoms with van der Waals surface area (Å²) in [4.78, 5) is 14.2. The average Bonchev–Trinajstić information content (AvgIpc) is 2.24. The molecule has 0 bridgehead atoms. The Bertz CT molecular complexity index is 284. The molecule has 0 aromatic heterocycles. The molecule has 0 aliphatic carbocycles. The molecule has 1 heterocycles. The SMILES string of the molecule is CC(C)NCC1CCCN(CC(=O)NC(C)(C)C)C1. The maximum atomic E-state index is 11.9. The number of likely N-dealkylation sites (tertiary alicyclic amines) is 1. The zero-order chi connectivity index (χ0) is 14.5. The van der Waals surface area contributed by atoms with E-state index in [1.54, 1.807) is 0 Å². The van der Waals surface area contributed by atoms with Crippen molar-refractivity contribution in [2.45, 2.75) is 59.0 Å². The molecule has 0 aromatic rings. The fourth-order valence-electron chi connectivity index (χ4n) is 2.52. The van der Waals surface area contributed by atoms with E-state index < -0.39 is 0 Å². The van der Waals surface area contributed by atoms with E-state index in [0.29, 0.717) is 18.5 Å². The fraction of sp³-hybridized carbons (Fsp3) is 0.933. The Hall–Kier alpha value is -0.610. The average molecular weight is 269 g/mol. The van der Waals surface area contributed by atoms with Crippen LogP contribution in [0.1, 0.15) is 47.5 Å². The molecular weight excluding hydrogens is 238 g/mol. The standard InChI is InChI=1S/C15H31N3O/c1-12(2)16-9-13-7-6-8-18(10-13)11-14(19)17-15(3,4)5/h12-13,16H,6-11H2,1-5H3,(H,17,19). The lowest BCUT2D eigenvalue weighted by atomic mass is 9.97. The molecule has 4 nitrogen and oxygen atoms in total. The molecule has 4 heteroatoms. The molecule has 1 rings (SSSR count). The van der Waals surface area contributed by atoms with E-state index in [-0.39, 0.29) is 11.4 Å². The summed E-state index contributed by atoms with van der Waals surface area (Å²) in [6.45, 7) is 14.1. The molecule has 0 saturated carbocycles. The topological polar surface area (TPSA) is 44.4 Å². The van der Waals surface area contributed by atoms with Gasteiger partial charge in [-0.3, -0.25) is 9.69 Å². The number of rotatable bonds is 5. The van der Waals surface area contributed by atoms with Crippen LogP contribution in [0.2, 0.25) is 0 Å². The number of nitrogens with zero attached hydrogens (tertiary/aromatic N) is 1. The van der Waals surface area contributed by atoms with Crippen LogP contribution in [0.25, 0.3) is 0 Å². The minimum Gasteiger partial charge on any atom is -0.350 e. The van der Waals surface area contributed by atoms with E-state index in [1.807, 2.05) is 20.8 Å². The molecular formula is C15H31N3O. The summed E-state index contributed by atoms with van der Waals surface area (Å²) in [6, 6.07) is 0.541. The third-order valence-corrected chi connectivity index (χ3v) is 3.30. The van der Waals surface area contributed by atoms with Gasteiger partial charge in [0, 0.05) is 18.1 Å². The number of carbonyl (C=O) groups excluding carboxylic acids is 1. The van der Waals surface area contributed by atoms with Gasteiger partial charge in [-0.25, -0.2) is 0 Å². The number of piperidine rings is 1. The molecule has 0 aromatic carbocycles. The van der Waals surface area contributed by atoms with Crippen molar-refractivity contribution in [2.75, 3.05) is 26.2 Å². The minimum absolute atomic E-state index is 0.133. The number of nitrogens with one attached hydrogen (secondary N) is 2. The second kappa shape index (κ2) is 7.25. The van der Waals surface area contributed by atoms with E-state index >= 15 is 0 Å². The van der Waals surface area contributed by atoms with E-state index in [1.165, 1.54) is 12.8 Å². The quantitative estimate of drug-likeness (QED) is 0.797. The molecule has 1 amide bonds. The van der Waals surface area contributed by atoms with Crippen LogP contribution < -0.4 is 10.6 Å². The maximum absolute atomic E-state index is 11.9. The first-order chi connectivity index (χ1) is 8.76. The Morgan fingerprint density at radius 1 is 1.37 bits per heavy atom. The van der Waals surface area contributed by atoms with Gasteiger partial charge in [-0.2, -0.15) is 0 Å². The molecule has 112 valence electrons. The second-order valence-electron chi connectivity index (χ2n) is 7.10. The van der Waals surface area contributed by atoms with E-state index in [9.17, 15) is 4.79 Å². The number of hydrogen-bond donors (Lipinski definition) is 2. The Balaban J connectivity index is 2.32. The van der Waals surface area contributed by atoms with Crippen LogP contribution in [0.5, 0.6) is 0 Å². The maximum Gasteiger partial charge on any atom is 0.234 e. The molecule has 1 saturated heterocycles. The van der Waals surface area contributed by atoms with Gasteiger partial charge in [0.05, 0.1) is 6.54 Å². The first-order valence-electron chi connectivity index (χ1n) is 7.53. The highest BCUT2D eigenvalue weighted by Gasteiger charge is 2.23. The van der Waals surface area contributed by atoms with Gasteiger partial charge in [0.15, 0.2) is 0 Å². The van der Waals surface area contributed by atoms with Crippen molar-refractivity contribution in [1.29, 1.82) is 0 Å². The molecule has 1 fully saturated rings. The number of carbonyl (C=O) groups is 1. The Labute approximate surface area is 118 Å². The van der Waals surface area contributed by atoms with Gasteiger partial charge in [0.25, 0.3) is 0 Å². The zero-order valence-electron chi connectivity index (χ0n) is 13.3. The summed E-state index contributed by atoms with van der Waals surface area (Å²) < 4.78 is 0. The van der Waals surface area contributed by atoms with Crippen LogP contribution in [-0.4, -0.2) is 48.6 Å². The van der Waals surface area contributed by atoms with Gasteiger partial charge in [-0.05, 0) is 52.6 Å². The Morgan fingerprint density at radius 3 is 2.63 bits per heavy atom. The summed E-state index contributed by atoms with van der Waals surface area (Å²) >= 11 is 0. The highest BCUT2D eigenvalue weighted by molar-refractivity contribution is 5.78. The normalized spacial score (nSPS) is 21.7. The smallest absolute Gasteiger partial charge is 0.234 e. The van der Waals surface area contributed by atoms with Crippen molar-refractivity contribution >= 4 is 5.91 Å². The predicted molar refractivity (Wildman–Crippen MR) is 80.2 cm³/mol. The van der Waals surface area contributed by atoms with Gasteiger partial charge >= 0.3 is 0 Å². The van der Waals surface area contributed by atoms with Crippen LogP contribution in [-0.2, 0) is 4.79 Å². The van der Waals surface area contributed by atoms with Gasteiger partial charge in [0.2, 0.25) is 5.91 Å². The van der Waals surface area contributed by atoms with Gasteiger partial charge in [-0.15, -0.1) is 0 Å². The zero-order valence-corrected chi connectivity index (χ0v) is 13.3. The summed E-state index contributed by atoms with van der Waals surface area (Å²) in [5.41, 5.74) is -0.133. The molecule has 2 N–H and O–H groups in total. The van der Waals surface area contributed by atoms with Crippen LogP contribution in [0.4, 0.5) is 0 Å². The van der Waals surface area contributed by atoms with Crippen molar-refractivity contribution in [2.24, 2.45) is 5.92 Å². The fourth-order valence-corrected chi connectivity index (χ4v) is 2.52.